The molecule has 2 N–H and O–H groups in total. The molecule has 0 fully saturated rings. The van der Waals surface area contributed by atoms with Crippen molar-refractivity contribution in [3.63, 3.8) is 0 Å². The molecule has 0 spiro atoms. The number of hydrogen-bond acceptors (Lipinski definition) is 4. The molecule has 0 aliphatic rings. The number of hydrogen-bond donors (Lipinski definition) is 1. The first kappa shape index (κ1) is 13.5. The highest BCUT2D eigenvalue weighted by atomic mass is 15.2. The van der Waals surface area contributed by atoms with Crippen LogP contribution in [0.1, 0.15) is 11.1 Å². The van der Waals surface area contributed by atoms with Crippen LogP contribution in [0, 0.1) is 0 Å². The molecule has 0 aliphatic carbocycles. The monoisotopic (exact) mass is 278 g/mol. The molecule has 1 heterocycles. The van der Waals surface area contributed by atoms with Gasteiger partial charge in [-0.25, -0.2) is 9.97 Å². The first-order valence-corrected chi connectivity index (χ1v) is 6.96. The van der Waals surface area contributed by atoms with Crippen molar-refractivity contribution in [2.24, 2.45) is 5.73 Å². The molecular formula is C17H18N4. The van der Waals surface area contributed by atoms with Gasteiger partial charge >= 0.3 is 0 Å². The Morgan fingerprint density at radius 3 is 2.43 bits per heavy atom. The quantitative estimate of drug-likeness (QED) is 0.797. The van der Waals surface area contributed by atoms with Gasteiger partial charge in [-0.15, -0.1) is 0 Å². The Morgan fingerprint density at radius 2 is 1.67 bits per heavy atom. The number of benzene rings is 2. The molecular weight excluding hydrogens is 260 g/mol. The van der Waals surface area contributed by atoms with Gasteiger partial charge < -0.3 is 10.6 Å². The van der Waals surface area contributed by atoms with E-state index in [0.29, 0.717) is 6.54 Å². The molecule has 4 heteroatoms. The predicted molar refractivity (Wildman–Crippen MR) is 86.0 cm³/mol. The van der Waals surface area contributed by atoms with Crippen LogP contribution < -0.4 is 10.6 Å². The summed E-state index contributed by atoms with van der Waals surface area (Å²) in [6.45, 7) is 1.37. The summed E-state index contributed by atoms with van der Waals surface area (Å²) in [6.07, 6.45) is 1.62. The van der Waals surface area contributed by atoms with E-state index in [9.17, 15) is 0 Å². The lowest BCUT2D eigenvalue weighted by atomic mass is 10.1. The molecule has 0 unspecified atom stereocenters. The molecule has 0 aliphatic heterocycles. The van der Waals surface area contributed by atoms with Crippen LogP contribution in [0.4, 0.5) is 5.82 Å². The first-order valence-electron chi connectivity index (χ1n) is 6.96. The van der Waals surface area contributed by atoms with E-state index in [1.54, 1.807) is 6.33 Å². The van der Waals surface area contributed by atoms with Crippen LogP contribution in [-0.2, 0) is 13.1 Å². The van der Waals surface area contributed by atoms with Gasteiger partial charge in [0, 0.05) is 25.5 Å². The molecule has 106 valence electrons. The van der Waals surface area contributed by atoms with Crippen molar-refractivity contribution in [1.82, 2.24) is 9.97 Å². The minimum Gasteiger partial charge on any atom is -0.355 e. The Hall–Kier alpha value is -2.46. The molecule has 3 aromatic rings. The fourth-order valence-corrected chi connectivity index (χ4v) is 2.42. The molecule has 0 atom stereocenters. The average Bonchev–Trinajstić information content (AvgIpc) is 2.55. The van der Waals surface area contributed by atoms with Crippen molar-refractivity contribution in [2.75, 3.05) is 11.9 Å². The number of aromatic nitrogens is 2. The summed E-state index contributed by atoms with van der Waals surface area (Å²) in [4.78, 5) is 10.9. The molecule has 4 nitrogen and oxygen atoms in total. The molecule has 0 amide bonds. The van der Waals surface area contributed by atoms with Crippen LogP contribution in [0.15, 0.2) is 54.9 Å². The van der Waals surface area contributed by atoms with E-state index in [4.69, 9.17) is 5.73 Å². The van der Waals surface area contributed by atoms with Crippen molar-refractivity contribution in [3.05, 3.63) is 66.0 Å². The third-order valence-corrected chi connectivity index (χ3v) is 3.56. The van der Waals surface area contributed by atoms with Gasteiger partial charge in [0.25, 0.3) is 0 Å². The number of nitrogens with two attached hydrogens (primary N) is 1. The van der Waals surface area contributed by atoms with Crippen molar-refractivity contribution in [1.29, 1.82) is 0 Å². The average molecular weight is 278 g/mol. The van der Waals surface area contributed by atoms with E-state index in [2.05, 4.69) is 45.2 Å². The zero-order valence-electron chi connectivity index (χ0n) is 12.0. The van der Waals surface area contributed by atoms with E-state index in [1.807, 2.05) is 25.2 Å². The maximum atomic E-state index is 5.63. The Labute approximate surface area is 124 Å². The van der Waals surface area contributed by atoms with Gasteiger partial charge in [0.05, 0.1) is 5.52 Å². The minimum absolute atomic E-state index is 0.576. The zero-order valence-corrected chi connectivity index (χ0v) is 12.0. The minimum atomic E-state index is 0.576. The van der Waals surface area contributed by atoms with Crippen LogP contribution in [0.25, 0.3) is 10.9 Å². The third-order valence-electron chi connectivity index (χ3n) is 3.56. The molecule has 0 radical (unpaired) electrons. The number of fused-ring (bicyclic) bond motifs is 1. The van der Waals surface area contributed by atoms with Gasteiger partial charge in [0.15, 0.2) is 0 Å². The van der Waals surface area contributed by atoms with Gasteiger partial charge in [0.2, 0.25) is 0 Å². The number of anilines is 1. The Kier molecular flexibility index (Phi) is 3.79. The SMILES string of the molecule is CN(Cc1ccc(CN)cc1)c1ncnc2ccccc12. The summed E-state index contributed by atoms with van der Waals surface area (Å²) >= 11 is 0. The molecule has 21 heavy (non-hydrogen) atoms. The Bertz CT molecular complexity index is 732. The van der Waals surface area contributed by atoms with Gasteiger partial charge in [-0.05, 0) is 23.3 Å². The lowest BCUT2D eigenvalue weighted by Crippen LogP contribution is -2.18. The zero-order chi connectivity index (χ0) is 14.7. The molecule has 0 saturated heterocycles. The van der Waals surface area contributed by atoms with Crippen LogP contribution >= 0.6 is 0 Å². The van der Waals surface area contributed by atoms with E-state index < -0.39 is 0 Å². The standard InChI is InChI=1S/C17H18N4/c1-21(11-14-8-6-13(10-18)7-9-14)17-15-4-2-3-5-16(15)19-12-20-17/h2-9,12H,10-11,18H2,1H3. The first-order chi connectivity index (χ1) is 10.3. The van der Waals surface area contributed by atoms with E-state index in [0.717, 1.165) is 28.8 Å². The van der Waals surface area contributed by atoms with Gasteiger partial charge in [-0.1, -0.05) is 36.4 Å². The highest BCUT2D eigenvalue weighted by Gasteiger charge is 2.08. The molecule has 1 aromatic heterocycles. The summed E-state index contributed by atoms with van der Waals surface area (Å²) in [7, 11) is 2.05. The summed E-state index contributed by atoms with van der Waals surface area (Å²) < 4.78 is 0. The second-order valence-corrected chi connectivity index (χ2v) is 5.09. The molecule has 0 saturated carbocycles. The molecule has 3 rings (SSSR count). The lowest BCUT2D eigenvalue weighted by molar-refractivity contribution is 0.898. The van der Waals surface area contributed by atoms with Crippen LogP contribution in [0.2, 0.25) is 0 Å². The summed E-state index contributed by atoms with van der Waals surface area (Å²) in [5.74, 6) is 0.948. The van der Waals surface area contributed by atoms with Crippen molar-refractivity contribution in [2.45, 2.75) is 13.1 Å². The smallest absolute Gasteiger partial charge is 0.139 e. The third kappa shape index (κ3) is 2.85. The second kappa shape index (κ2) is 5.89. The highest BCUT2D eigenvalue weighted by Crippen LogP contribution is 2.22. The Balaban J connectivity index is 1.88. The Morgan fingerprint density at radius 1 is 0.952 bits per heavy atom. The fourth-order valence-electron chi connectivity index (χ4n) is 2.42. The van der Waals surface area contributed by atoms with E-state index >= 15 is 0 Å². The van der Waals surface area contributed by atoms with Crippen LogP contribution in [0.3, 0.4) is 0 Å². The maximum Gasteiger partial charge on any atom is 0.139 e. The summed E-state index contributed by atoms with van der Waals surface area (Å²) in [6, 6.07) is 16.4. The van der Waals surface area contributed by atoms with Crippen LogP contribution in [0.5, 0.6) is 0 Å². The summed E-state index contributed by atoms with van der Waals surface area (Å²) in [5.41, 5.74) is 8.97. The second-order valence-electron chi connectivity index (χ2n) is 5.09. The van der Waals surface area contributed by atoms with E-state index in [1.165, 1.54) is 5.56 Å². The number of nitrogens with zero attached hydrogens (tertiary/aromatic N) is 3. The van der Waals surface area contributed by atoms with Crippen molar-refractivity contribution in [3.8, 4) is 0 Å². The molecule has 0 bridgehead atoms. The number of rotatable bonds is 4. The largest absolute Gasteiger partial charge is 0.355 e. The van der Waals surface area contributed by atoms with Crippen LogP contribution in [-0.4, -0.2) is 17.0 Å². The lowest BCUT2D eigenvalue weighted by Gasteiger charge is -2.19. The predicted octanol–water partition coefficient (Wildman–Crippen LogP) is 2.72. The van der Waals surface area contributed by atoms with Gasteiger partial charge in [0.1, 0.15) is 12.1 Å². The van der Waals surface area contributed by atoms with Crippen molar-refractivity contribution >= 4 is 16.7 Å². The summed E-state index contributed by atoms with van der Waals surface area (Å²) in [5, 5.41) is 1.07. The molecule has 2 aromatic carbocycles. The normalized spacial score (nSPS) is 10.8. The number of para-hydroxylation sites is 1. The topological polar surface area (TPSA) is 55.0 Å². The van der Waals surface area contributed by atoms with Gasteiger partial charge in [-0.3, -0.25) is 0 Å². The fraction of sp³-hybridized carbons (Fsp3) is 0.176. The highest BCUT2D eigenvalue weighted by molar-refractivity contribution is 5.89. The van der Waals surface area contributed by atoms with E-state index in [-0.39, 0.29) is 0 Å². The maximum absolute atomic E-state index is 5.63. The van der Waals surface area contributed by atoms with Gasteiger partial charge in [-0.2, -0.15) is 0 Å². The van der Waals surface area contributed by atoms with Crippen molar-refractivity contribution < 1.29 is 0 Å².